The van der Waals surface area contributed by atoms with Crippen LogP contribution in [0.3, 0.4) is 0 Å². The van der Waals surface area contributed by atoms with E-state index in [1.165, 1.54) is 0 Å². The van der Waals surface area contributed by atoms with Crippen LogP contribution in [0.4, 0.5) is 0 Å². The molecule has 0 spiro atoms. The van der Waals surface area contributed by atoms with Crippen molar-refractivity contribution >= 4 is 11.9 Å². The monoisotopic (exact) mass is 390 g/mol. The highest BCUT2D eigenvalue weighted by Crippen LogP contribution is 2.28. The Morgan fingerprint density at radius 1 is 1.03 bits per heavy atom. The maximum atomic E-state index is 12.9. The number of carboxylic acids is 1. The second-order valence-electron chi connectivity index (χ2n) is 6.65. The number of benzene rings is 2. The number of carboxylic acid groups (broad SMARTS) is 1. The van der Waals surface area contributed by atoms with E-state index in [9.17, 15) is 14.7 Å². The van der Waals surface area contributed by atoms with E-state index < -0.39 is 17.9 Å². The molecule has 6 heteroatoms. The molecule has 3 rings (SSSR count). The standard InChI is InChI=1S/C23H22N2O4/c1-15-8-10-16(11-9-15)19(14-21(26)27)25-23(28)18-12-13-20(29-2)22(24-18)17-6-4-3-5-7-17/h3-13,19H,14H2,1-2H3,(H,25,28)(H,26,27)/t19-/m0/s1. The van der Waals surface area contributed by atoms with Crippen molar-refractivity contribution < 1.29 is 19.4 Å². The summed E-state index contributed by atoms with van der Waals surface area (Å²) in [5.74, 6) is -0.895. The van der Waals surface area contributed by atoms with E-state index in [0.29, 0.717) is 11.4 Å². The van der Waals surface area contributed by atoms with Gasteiger partial charge in [-0.25, -0.2) is 4.98 Å². The van der Waals surface area contributed by atoms with E-state index in [1.807, 2.05) is 61.5 Å². The van der Waals surface area contributed by atoms with Crippen LogP contribution in [0.25, 0.3) is 11.3 Å². The summed E-state index contributed by atoms with van der Waals surface area (Å²) in [4.78, 5) is 28.6. The zero-order valence-electron chi connectivity index (χ0n) is 16.3. The van der Waals surface area contributed by atoms with Gasteiger partial charge in [0.2, 0.25) is 0 Å². The molecule has 1 atom stereocenters. The van der Waals surface area contributed by atoms with Crippen LogP contribution in [0.15, 0.2) is 66.7 Å². The lowest BCUT2D eigenvalue weighted by Gasteiger charge is -2.18. The van der Waals surface area contributed by atoms with E-state index in [0.717, 1.165) is 16.7 Å². The summed E-state index contributed by atoms with van der Waals surface area (Å²) in [5, 5.41) is 12.1. The number of ether oxygens (including phenoxy) is 1. The largest absolute Gasteiger partial charge is 0.494 e. The topological polar surface area (TPSA) is 88.5 Å². The second kappa shape index (κ2) is 9.01. The van der Waals surface area contributed by atoms with Crippen LogP contribution < -0.4 is 10.1 Å². The fraction of sp³-hybridized carbons (Fsp3) is 0.174. The first-order chi connectivity index (χ1) is 14.0. The van der Waals surface area contributed by atoms with Crippen molar-refractivity contribution in [1.29, 1.82) is 0 Å². The lowest BCUT2D eigenvalue weighted by molar-refractivity contribution is -0.137. The summed E-state index contributed by atoms with van der Waals surface area (Å²) in [6, 6.07) is 19.4. The van der Waals surface area contributed by atoms with E-state index in [2.05, 4.69) is 10.3 Å². The molecular formula is C23H22N2O4. The van der Waals surface area contributed by atoms with Gasteiger partial charge in [-0.3, -0.25) is 9.59 Å². The second-order valence-corrected chi connectivity index (χ2v) is 6.65. The Morgan fingerprint density at radius 3 is 2.34 bits per heavy atom. The zero-order valence-corrected chi connectivity index (χ0v) is 16.3. The highest BCUT2D eigenvalue weighted by atomic mass is 16.5. The molecule has 29 heavy (non-hydrogen) atoms. The Bertz CT molecular complexity index is 1000. The number of aromatic nitrogens is 1. The number of carbonyl (C=O) groups is 2. The predicted molar refractivity (Wildman–Crippen MR) is 110 cm³/mol. The van der Waals surface area contributed by atoms with Gasteiger partial charge < -0.3 is 15.2 Å². The van der Waals surface area contributed by atoms with E-state index in [-0.39, 0.29) is 12.1 Å². The van der Waals surface area contributed by atoms with Gasteiger partial charge >= 0.3 is 5.97 Å². The summed E-state index contributed by atoms with van der Waals surface area (Å²) >= 11 is 0. The Labute approximate surface area is 169 Å². The van der Waals surface area contributed by atoms with Gasteiger partial charge in [0.1, 0.15) is 17.1 Å². The van der Waals surface area contributed by atoms with Gasteiger partial charge in [-0.2, -0.15) is 0 Å². The molecular weight excluding hydrogens is 368 g/mol. The summed E-state index contributed by atoms with van der Waals surface area (Å²) in [7, 11) is 1.55. The average Bonchev–Trinajstić information content (AvgIpc) is 2.73. The summed E-state index contributed by atoms with van der Waals surface area (Å²) in [6.45, 7) is 1.95. The minimum atomic E-state index is -0.997. The fourth-order valence-electron chi connectivity index (χ4n) is 3.00. The molecule has 0 radical (unpaired) electrons. The smallest absolute Gasteiger partial charge is 0.305 e. The van der Waals surface area contributed by atoms with Gasteiger partial charge in [-0.1, -0.05) is 60.2 Å². The third-order valence-electron chi connectivity index (χ3n) is 4.52. The van der Waals surface area contributed by atoms with Crippen molar-refractivity contribution in [1.82, 2.24) is 10.3 Å². The molecule has 0 saturated carbocycles. The van der Waals surface area contributed by atoms with Crippen LogP contribution in [-0.4, -0.2) is 29.1 Å². The lowest BCUT2D eigenvalue weighted by Crippen LogP contribution is -2.30. The molecule has 0 bridgehead atoms. The number of nitrogens with zero attached hydrogens (tertiary/aromatic N) is 1. The fourth-order valence-corrected chi connectivity index (χ4v) is 3.00. The number of hydrogen-bond donors (Lipinski definition) is 2. The summed E-state index contributed by atoms with van der Waals surface area (Å²) in [6.07, 6.45) is -0.226. The number of aliphatic carboxylic acids is 1. The van der Waals surface area contributed by atoms with Crippen molar-refractivity contribution in [2.24, 2.45) is 0 Å². The molecule has 0 aliphatic heterocycles. The first-order valence-corrected chi connectivity index (χ1v) is 9.17. The van der Waals surface area contributed by atoms with Crippen LogP contribution in [-0.2, 0) is 4.79 Å². The van der Waals surface area contributed by atoms with Gasteiger partial charge in [0.15, 0.2) is 0 Å². The van der Waals surface area contributed by atoms with Crippen molar-refractivity contribution in [3.63, 3.8) is 0 Å². The lowest BCUT2D eigenvalue weighted by atomic mass is 10.0. The van der Waals surface area contributed by atoms with Crippen molar-refractivity contribution in [2.75, 3.05) is 7.11 Å². The first-order valence-electron chi connectivity index (χ1n) is 9.17. The Morgan fingerprint density at radius 2 is 1.72 bits per heavy atom. The number of pyridine rings is 1. The Hall–Kier alpha value is -3.67. The van der Waals surface area contributed by atoms with E-state index in [1.54, 1.807) is 19.2 Å². The number of rotatable bonds is 7. The molecule has 148 valence electrons. The molecule has 1 aromatic heterocycles. The number of hydrogen-bond acceptors (Lipinski definition) is 4. The maximum Gasteiger partial charge on any atom is 0.305 e. The highest BCUT2D eigenvalue weighted by Gasteiger charge is 2.21. The number of carbonyl (C=O) groups excluding carboxylic acids is 1. The molecule has 2 N–H and O–H groups in total. The third-order valence-corrected chi connectivity index (χ3v) is 4.52. The van der Waals surface area contributed by atoms with Gasteiger partial charge in [0.05, 0.1) is 19.6 Å². The number of aryl methyl sites for hydroxylation is 1. The summed E-state index contributed by atoms with van der Waals surface area (Å²) < 4.78 is 5.38. The SMILES string of the molecule is COc1ccc(C(=O)N[C@@H](CC(=O)O)c2ccc(C)cc2)nc1-c1ccccc1. The quantitative estimate of drug-likeness (QED) is 0.636. The van der Waals surface area contributed by atoms with Crippen LogP contribution >= 0.6 is 0 Å². The van der Waals surface area contributed by atoms with Crippen LogP contribution in [0.1, 0.15) is 34.1 Å². The molecule has 1 heterocycles. The van der Waals surface area contributed by atoms with Gasteiger partial charge in [-0.05, 0) is 24.6 Å². The van der Waals surface area contributed by atoms with E-state index in [4.69, 9.17) is 4.74 Å². The average molecular weight is 390 g/mol. The molecule has 3 aromatic rings. The van der Waals surface area contributed by atoms with Gasteiger partial charge in [0, 0.05) is 5.56 Å². The number of nitrogens with one attached hydrogen (secondary N) is 1. The minimum Gasteiger partial charge on any atom is -0.494 e. The normalized spacial score (nSPS) is 11.5. The van der Waals surface area contributed by atoms with Gasteiger partial charge in [0.25, 0.3) is 5.91 Å². The third kappa shape index (κ3) is 4.99. The highest BCUT2D eigenvalue weighted by molar-refractivity contribution is 5.93. The molecule has 0 aliphatic rings. The van der Waals surface area contributed by atoms with Crippen LogP contribution in [0.2, 0.25) is 0 Å². The first kappa shape index (κ1) is 20.1. The molecule has 0 saturated heterocycles. The van der Waals surface area contributed by atoms with Crippen molar-refractivity contribution in [2.45, 2.75) is 19.4 Å². The summed E-state index contributed by atoms with van der Waals surface area (Å²) in [5.41, 5.74) is 3.33. The van der Waals surface area contributed by atoms with Crippen molar-refractivity contribution in [3.05, 3.63) is 83.6 Å². The molecule has 0 unspecified atom stereocenters. The molecule has 2 aromatic carbocycles. The predicted octanol–water partition coefficient (Wildman–Crippen LogP) is 4.01. The number of methoxy groups -OCH3 is 1. The van der Waals surface area contributed by atoms with Crippen molar-refractivity contribution in [3.8, 4) is 17.0 Å². The number of amides is 1. The van der Waals surface area contributed by atoms with Crippen LogP contribution in [0.5, 0.6) is 5.75 Å². The Balaban J connectivity index is 1.90. The molecule has 0 fully saturated rings. The molecule has 6 nitrogen and oxygen atoms in total. The maximum absolute atomic E-state index is 12.9. The van der Waals surface area contributed by atoms with Crippen LogP contribution in [0, 0.1) is 6.92 Å². The molecule has 0 aliphatic carbocycles. The van der Waals surface area contributed by atoms with E-state index >= 15 is 0 Å². The zero-order chi connectivity index (χ0) is 20.8. The van der Waals surface area contributed by atoms with Gasteiger partial charge in [-0.15, -0.1) is 0 Å². The minimum absolute atomic E-state index is 0.187. The molecule has 1 amide bonds. The Kier molecular flexibility index (Phi) is 6.24.